The van der Waals surface area contributed by atoms with Crippen LogP contribution in [0.1, 0.15) is 31.2 Å². The molecular formula is C13H17BrClN. The van der Waals surface area contributed by atoms with Gasteiger partial charge in [0.1, 0.15) is 0 Å². The highest BCUT2D eigenvalue weighted by atomic mass is 79.9. The summed E-state index contributed by atoms with van der Waals surface area (Å²) in [5.41, 5.74) is 1.24. The summed E-state index contributed by atoms with van der Waals surface area (Å²) in [6.45, 7) is 2.04. The second-order valence-electron chi connectivity index (χ2n) is 4.52. The smallest absolute Gasteiger partial charge is 0.0410 e. The molecule has 1 fully saturated rings. The van der Waals surface area contributed by atoms with Gasteiger partial charge >= 0.3 is 0 Å². The van der Waals surface area contributed by atoms with Gasteiger partial charge < -0.3 is 5.32 Å². The number of rotatable bonds is 4. The van der Waals surface area contributed by atoms with E-state index in [4.69, 9.17) is 11.6 Å². The quantitative estimate of drug-likeness (QED) is 0.870. The van der Waals surface area contributed by atoms with E-state index in [1.54, 1.807) is 0 Å². The van der Waals surface area contributed by atoms with Crippen LogP contribution in [-0.2, 0) is 6.54 Å². The minimum absolute atomic E-state index is 0.806. The van der Waals surface area contributed by atoms with E-state index in [0.717, 1.165) is 28.5 Å². The summed E-state index contributed by atoms with van der Waals surface area (Å²) in [5, 5.41) is 4.33. The van der Waals surface area contributed by atoms with Crippen molar-refractivity contribution in [3.8, 4) is 0 Å². The first kappa shape index (κ1) is 12.4. The Morgan fingerprint density at radius 3 is 2.81 bits per heavy atom. The largest absolute Gasteiger partial charge is 0.312 e. The van der Waals surface area contributed by atoms with Crippen LogP contribution in [0.4, 0.5) is 0 Å². The molecule has 16 heavy (non-hydrogen) atoms. The van der Waals surface area contributed by atoms with Crippen molar-refractivity contribution in [1.29, 1.82) is 0 Å². The average molecular weight is 303 g/mol. The predicted octanol–water partition coefficient (Wildman–Crippen LogP) is 4.38. The van der Waals surface area contributed by atoms with Crippen LogP contribution in [-0.4, -0.2) is 6.54 Å². The van der Waals surface area contributed by atoms with E-state index in [1.165, 1.54) is 31.2 Å². The summed E-state index contributed by atoms with van der Waals surface area (Å²) in [5.74, 6) is 0.887. The summed E-state index contributed by atoms with van der Waals surface area (Å²) in [7, 11) is 0. The van der Waals surface area contributed by atoms with Crippen molar-refractivity contribution < 1.29 is 0 Å². The second-order valence-corrected chi connectivity index (χ2v) is 5.81. The molecule has 0 bridgehead atoms. The molecule has 0 aliphatic heterocycles. The molecule has 1 N–H and O–H groups in total. The SMILES string of the molecule is Clc1ccc(Br)c(CNCC2CCCC2)c1. The Morgan fingerprint density at radius 1 is 1.31 bits per heavy atom. The molecule has 0 amide bonds. The van der Waals surface area contributed by atoms with Crippen LogP contribution in [0, 0.1) is 5.92 Å². The molecule has 0 unspecified atom stereocenters. The Morgan fingerprint density at radius 2 is 2.06 bits per heavy atom. The van der Waals surface area contributed by atoms with E-state index in [-0.39, 0.29) is 0 Å². The maximum Gasteiger partial charge on any atom is 0.0410 e. The van der Waals surface area contributed by atoms with Crippen LogP contribution in [0.15, 0.2) is 22.7 Å². The van der Waals surface area contributed by atoms with Crippen LogP contribution in [0.2, 0.25) is 5.02 Å². The number of benzene rings is 1. The van der Waals surface area contributed by atoms with Crippen molar-refractivity contribution in [3.05, 3.63) is 33.3 Å². The van der Waals surface area contributed by atoms with Crippen molar-refractivity contribution in [2.45, 2.75) is 32.2 Å². The zero-order valence-electron chi connectivity index (χ0n) is 9.31. The lowest BCUT2D eigenvalue weighted by atomic mass is 10.1. The van der Waals surface area contributed by atoms with Crippen LogP contribution in [0.5, 0.6) is 0 Å². The predicted molar refractivity (Wildman–Crippen MR) is 72.8 cm³/mol. The molecule has 1 saturated carbocycles. The molecule has 0 heterocycles. The van der Waals surface area contributed by atoms with Gasteiger partial charge in [0.2, 0.25) is 0 Å². The Bertz CT molecular complexity index is 348. The fraction of sp³-hybridized carbons (Fsp3) is 0.538. The summed E-state index contributed by atoms with van der Waals surface area (Å²) >= 11 is 9.52. The third-order valence-corrected chi connectivity index (χ3v) is 4.24. The zero-order chi connectivity index (χ0) is 11.4. The molecule has 0 spiro atoms. The van der Waals surface area contributed by atoms with Crippen LogP contribution in [0.25, 0.3) is 0 Å². The van der Waals surface area contributed by atoms with E-state index in [2.05, 4.69) is 21.2 Å². The molecule has 1 aromatic carbocycles. The Hall–Kier alpha value is -0.0500. The molecule has 1 aromatic rings. The van der Waals surface area contributed by atoms with Crippen molar-refractivity contribution in [2.24, 2.45) is 5.92 Å². The Balaban J connectivity index is 1.82. The van der Waals surface area contributed by atoms with E-state index < -0.39 is 0 Å². The molecule has 1 aliphatic rings. The third-order valence-electron chi connectivity index (χ3n) is 3.23. The molecule has 3 heteroatoms. The maximum atomic E-state index is 5.97. The molecule has 2 rings (SSSR count). The van der Waals surface area contributed by atoms with E-state index in [1.807, 2.05) is 18.2 Å². The van der Waals surface area contributed by atoms with Crippen LogP contribution in [0.3, 0.4) is 0 Å². The highest BCUT2D eigenvalue weighted by molar-refractivity contribution is 9.10. The summed E-state index contributed by atoms with van der Waals surface area (Å²) in [4.78, 5) is 0. The van der Waals surface area contributed by atoms with Gasteiger partial charge in [-0.2, -0.15) is 0 Å². The van der Waals surface area contributed by atoms with Gasteiger partial charge in [0.15, 0.2) is 0 Å². The summed E-state index contributed by atoms with van der Waals surface area (Å²) in [6.07, 6.45) is 5.61. The van der Waals surface area contributed by atoms with E-state index in [9.17, 15) is 0 Å². The van der Waals surface area contributed by atoms with Gasteiger partial charge in [0, 0.05) is 16.0 Å². The molecule has 0 radical (unpaired) electrons. The number of nitrogens with one attached hydrogen (secondary N) is 1. The maximum absolute atomic E-state index is 5.97. The van der Waals surface area contributed by atoms with E-state index >= 15 is 0 Å². The molecular weight excluding hydrogens is 286 g/mol. The minimum Gasteiger partial charge on any atom is -0.312 e. The fourth-order valence-electron chi connectivity index (χ4n) is 2.30. The third kappa shape index (κ3) is 3.47. The van der Waals surface area contributed by atoms with Gasteiger partial charge in [-0.25, -0.2) is 0 Å². The Kier molecular flexibility index (Phi) is 4.68. The lowest BCUT2D eigenvalue weighted by Crippen LogP contribution is -2.20. The molecule has 88 valence electrons. The Labute approximate surface area is 111 Å². The zero-order valence-corrected chi connectivity index (χ0v) is 11.6. The summed E-state index contributed by atoms with van der Waals surface area (Å²) < 4.78 is 1.14. The van der Waals surface area contributed by atoms with Gasteiger partial charge in [0.25, 0.3) is 0 Å². The first-order valence-corrected chi connectivity index (χ1v) is 7.07. The van der Waals surface area contributed by atoms with Crippen molar-refractivity contribution in [1.82, 2.24) is 5.32 Å². The highest BCUT2D eigenvalue weighted by Crippen LogP contribution is 2.24. The number of hydrogen-bond donors (Lipinski definition) is 1. The monoisotopic (exact) mass is 301 g/mol. The van der Waals surface area contributed by atoms with Gasteiger partial charge in [0.05, 0.1) is 0 Å². The number of hydrogen-bond acceptors (Lipinski definition) is 1. The number of halogens is 2. The fourth-order valence-corrected chi connectivity index (χ4v) is 2.89. The first-order valence-electron chi connectivity index (χ1n) is 5.90. The van der Waals surface area contributed by atoms with Gasteiger partial charge in [-0.3, -0.25) is 0 Å². The lowest BCUT2D eigenvalue weighted by Gasteiger charge is -2.11. The first-order chi connectivity index (χ1) is 7.75. The highest BCUT2D eigenvalue weighted by Gasteiger charge is 2.14. The molecule has 0 atom stereocenters. The van der Waals surface area contributed by atoms with Gasteiger partial charge in [-0.15, -0.1) is 0 Å². The van der Waals surface area contributed by atoms with Gasteiger partial charge in [-0.1, -0.05) is 40.4 Å². The van der Waals surface area contributed by atoms with Crippen LogP contribution >= 0.6 is 27.5 Å². The van der Waals surface area contributed by atoms with Crippen molar-refractivity contribution >= 4 is 27.5 Å². The van der Waals surface area contributed by atoms with Crippen molar-refractivity contribution in [3.63, 3.8) is 0 Å². The standard InChI is InChI=1S/C13H17BrClN/c14-13-6-5-12(15)7-11(13)9-16-8-10-3-1-2-4-10/h5-7,10,16H,1-4,8-9H2. The second kappa shape index (κ2) is 6.04. The molecule has 0 saturated heterocycles. The molecule has 1 aliphatic carbocycles. The van der Waals surface area contributed by atoms with E-state index in [0.29, 0.717) is 0 Å². The van der Waals surface area contributed by atoms with Crippen molar-refractivity contribution in [2.75, 3.05) is 6.54 Å². The molecule has 1 nitrogen and oxygen atoms in total. The average Bonchev–Trinajstić information content (AvgIpc) is 2.76. The van der Waals surface area contributed by atoms with Crippen LogP contribution < -0.4 is 5.32 Å². The topological polar surface area (TPSA) is 12.0 Å². The molecule has 0 aromatic heterocycles. The lowest BCUT2D eigenvalue weighted by molar-refractivity contribution is 0.489. The van der Waals surface area contributed by atoms with Gasteiger partial charge in [-0.05, 0) is 49.1 Å². The normalized spacial score (nSPS) is 16.9. The summed E-state index contributed by atoms with van der Waals surface area (Å²) in [6, 6.07) is 5.94. The minimum atomic E-state index is 0.806.